The van der Waals surface area contributed by atoms with Gasteiger partial charge in [0, 0.05) is 6.92 Å². The lowest BCUT2D eigenvalue weighted by molar-refractivity contribution is -0.257. The first-order valence-corrected chi connectivity index (χ1v) is 9.21. The number of hydrogen-bond acceptors (Lipinski definition) is 8. The molecule has 1 N–H and O–H groups in total. The minimum Gasteiger partial charge on any atom is -0.497 e. The molecule has 2 bridgehead atoms. The Morgan fingerprint density at radius 2 is 1.70 bits per heavy atom. The number of rotatable bonds is 3. The van der Waals surface area contributed by atoms with E-state index in [0.29, 0.717) is 17.1 Å². The Morgan fingerprint density at radius 3 is 2.20 bits per heavy atom. The molecule has 1 aromatic heterocycles. The van der Waals surface area contributed by atoms with Crippen LogP contribution in [0.15, 0.2) is 40.8 Å². The van der Waals surface area contributed by atoms with E-state index >= 15 is 0 Å². The predicted molar refractivity (Wildman–Crippen MR) is 102 cm³/mol. The third-order valence-electron chi connectivity index (χ3n) is 5.99. The average Bonchev–Trinajstić information content (AvgIpc) is 3.25. The van der Waals surface area contributed by atoms with Crippen LogP contribution in [0.4, 0.5) is 0 Å². The molecule has 8 heteroatoms. The summed E-state index contributed by atoms with van der Waals surface area (Å²) in [5.74, 6) is -1.44. The Bertz CT molecular complexity index is 1140. The Hall–Kier alpha value is -3.80. The number of aryl methyl sites for hydroxylation is 1. The molecule has 0 radical (unpaired) electrons. The fourth-order valence-electron chi connectivity index (χ4n) is 4.63. The highest BCUT2D eigenvalue weighted by Gasteiger charge is 2.80. The highest BCUT2D eigenvalue weighted by molar-refractivity contribution is 5.90. The van der Waals surface area contributed by atoms with Crippen molar-refractivity contribution in [3.05, 3.63) is 53.5 Å². The summed E-state index contributed by atoms with van der Waals surface area (Å²) >= 11 is 0. The molecular formula is C22H18N4O4. The Balaban J connectivity index is 2.00. The number of hydrogen-bond donors (Lipinski definition) is 1. The molecule has 2 aliphatic heterocycles. The first-order valence-electron chi connectivity index (χ1n) is 9.21. The quantitative estimate of drug-likeness (QED) is 0.826. The van der Waals surface area contributed by atoms with Crippen LogP contribution < -0.4 is 4.74 Å². The van der Waals surface area contributed by atoms with Gasteiger partial charge in [-0.1, -0.05) is 12.1 Å². The lowest BCUT2D eigenvalue weighted by Gasteiger charge is -2.48. The molecule has 30 heavy (non-hydrogen) atoms. The van der Waals surface area contributed by atoms with Gasteiger partial charge < -0.3 is 18.6 Å². The van der Waals surface area contributed by atoms with Crippen molar-refractivity contribution in [2.45, 2.75) is 31.7 Å². The van der Waals surface area contributed by atoms with Gasteiger partial charge in [0.05, 0.1) is 31.2 Å². The Morgan fingerprint density at radius 1 is 1.03 bits per heavy atom. The summed E-state index contributed by atoms with van der Waals surface area (Å²) < 4.78 is 22.8. The van der Waals surface area contributed by atoms with E-state index in [1.54, 1.807) is 50.2 Å². The van der Waals surface area contributed by atoms with Crippen molar-refractivity contribution >= 4 is 5.90 Å². The molecule has 4 rings (SSSR count). The van der Waals surface area contributed by atoms with Gasteiger partial charge in [-0.2, -0.15) is 15.8 Å². The Kier molecular flexibility index (Phi) is 4.13. The average molecular weight is 402 g/mol. The summed E-state index contributed by atoms with van der Waals surface area (Å²) in [5.41, 5.74) is -3.40. The summed E-state index contributed by atoms with van der Waals surface area (Å²) in [6.07, 6.45) is -1.22. The summed E-state index contributed by atoms with van der Waals surface area (Å²) in [5, 5.41) is 39.4. The summed E-state index contributed by atoms with van der Waals surface area (Å²) in [6.45, 7) is 3.33. The van der Waals surface area contributed by atoms with Crippen molar-refractivity contribution < 1.29 is 18.6 Å². The van der Waals surface area contributed by atoms with E-state index in [9.17, 15) is 15.8 Å². The van der Waals surface area contributed by atoms with Crippen molar-refractivity contribution in [1.82, 2.24) is 0 Å². The maximum atomic E-state index is 10.4. The molecule has 2 aliphatic rings. The SMILES string of the molecule is COc1ccc(C2C3(C)OC(=N)C2(C#N)C(C#N)(C#N)C(c2ccc(C)o2)O3)cc1. The number of fused-ring (bicyclic) bond motifs is 2. The third-order valence-corrected chi connectivity index (χ3v) is 5.99. The van der Waals surface area contributed by atoms with Crippen LogP contribution in [0.1, 0.15) is 36.0 Å². The van der Waals surface area contributed by atoms with E-state index in [4.69, 9.17) is 24.0 Å². The van der Waals surface area contributed by atoms with Gasteiger partial charge in [0.15, 0.2) is 11.5 Å². The van der Waals surface area contributed by atoms with E-state index < -0.39 is 34.5 Å². The fraction of sp³-hybridized carbons (Fsp3) is 0.364. The van der Waals surface area contributed by atoms with Crippen LogP contribution in [0.3, 0.4) is 0 Å². The van der Waals surface area contributed by atoms with Crippen molar-refractivity contribution in [3.63, 3.8) is 0 Å². The molecule has 4 unspecified atom stereocenters. The van der Waals surface area contributed by atoms with Gasteiger partial charge in [-0.3, -0.25) is 5.41 Å². The molecule has 8 nitrogen and oxygen atoms in total. The van der Waals surface area contributed by atoms with E-state index in [0.717, 1.165) is 0 Å². The van der Waals surface area contributed by atoms with Gasteiger partial charge in [0.1, 0.15) is 17.3 Å². The van der Waals surface area contributed by atoms with E-state index in [2.05, 4.69) is 6.07 Å². The van der Waals surface area contributed by atoms with Gasteiger partial charge in [-0.25, -0.2) is 0 Å². The zero-order chi connectivity index (χ0) is 21.7. The molecule has 150 valence electrons. The molecular weight excluding hydrogens is 384 g/mol. The molecule has 0 spiro atoms. The Labute approximate surface area is 173 Å². The highest BCUT2D eigenvalue weighted by atomic mass is 16.7. The molecule has 2 fully saturated rings. The largest absolute Gasteiger partial charge is 0.497 e. The van der Waals surface area contributed by atoms with Crippen LogP contribution in [-0.2, 0) is 9.47 Å². The zero-order valence-electron chi connectivity index (χ0n) is 16.6. The van der Waals surface area contributed by atoms with E-state index in [1.807, 2.05) is 12.1 Å². The molecule has 0 aliphatic carbocycles. The van der Waals surface area contributed by atoms with Crippen LogP contribution in [-0.4, -0.2) is 18.8 Å². The summed E-state index contributed by atoms with van der Waals surface area (Å²) in [7, 11) is 1.53. The molecule has 2 aromatic rings. The summed E-state index contributed by atoms with van der Waals surface area (Å²) in [4.78, 5) is 0. The van der Waals surface area contributed by atoms with Crippen LogP contribution >= 0.6 is 0 Å². The first kappa shape index (κ1) is 19.5. The monoisotopic (exact) mass is 402 g/mol. The molecule has 4 atom stereocenters. The number of ether oxygens (including phenoxy) is 3. The topological polar surface area (TPSA) is 136 Å². The second-order valence-corrected chi connectivity index (χ2v) is 7.55. The number of nitriles is 3. The normalized spacial score (nSPS) is 31.1. The van der Waals surface area contributed by atoms with Gasteiger partial charge in [-0.15, -0.1) is 0 Å². The smallest absolute Gasteiger partial charge is 0.219 e. The standard InChI is InChI=1S/C22H18N4O4/c1-13-4-9-16(28-13)18-21(10-23,11-24)22(12-25)17(20(2,29-18)30-19(22)26)14-5-7-15(27-3)8-6-14/h4-9,17-18,26H,1-3H3. The summed E-state index contributed by atoms with van der Waals surface area (Å²) in [6, 6.07) is 16.2. The fourth-order valence-corrected chi connectivity index (χ4v) is 4.63. The minimum atomic E-state index is -2.08. The predicted octanol–water partition coefficient (Wildman–Crippen LogP) is 3.72. The first-order chi connectivity index (χ1) is 14.3. The van der Waals surface area contributed by atoms with E-state index in [1.165, 1.54) is 7.11 Å². The van der Waals surface area contributed by atoms with Crippen LogP contribution in [0.2, 0.25) is 0 Å². The van der Waals surface area contributed by atoms with Crippen LogP contribution in [0, 0.1) is 57.2 Å². The van der Waals surface area contributed by atoms with Gasteiger partial charge in [0.2, 0.25) is 17.1 Å². The molecule has 0 amide bonds. The number of benzene rings is 1. The van der Waals surface area contributed by atoms with Gasteiger partial charge in [-0.05, 0) is 36.8 Å². The number of methoxy groups -OCH3 is 1. The zero-order valence-corrected chi connectivity index (χ0v) is 16.6. The maximum absolute atomic E-state index is 10.4. The molecule has 0 saturated carbocycles. The van der Waals surface area contributed by atoms with Crippen molar-refractivity contribution in [2.24, 2.45) is 10.8 Å². The number of furan rings is 1. The van der Waals surface area contributed by atoms with Crippen LogP contribution in [0.5, 0.6) is 5.75 Å². The van der Waals surface area contributed by atoms with Crippen molar-refractivity contribution in [1.29, 1.82) is 21.2 Å². The van der Waals surface area contributed by atoms with Crippen molar-refractivity contribution in [3.8, 4) is 24.0 Å². The van der Waals surface area contributed by atoms with Gasteiger partial charge in [0.25, 0.3) is 0 Å². The lowest BCUT2D eigenvalue weighted by Crippen LogP contribution is -2.57. The second-order valence-electron chi connectivity index (χ2n) is 7.55. The van der Waals surface area contributed by atoms with Crippen molar-refractivity contribution in [2.75, 3.05) is 7.11 Å². The highest BCUT2D eigenvalue weighted by Crippen LogP contribution is 2.69. The van der Waals surface area contributed by atoms with E-state index in [-0.39, 0.29) is 5.76 Å². The van der Waals surface area contributed by atoms with Crippen LogP contribution in [0.25, 0.3) is 0 Å². The second kappa shape index (κ2) is 6.35. The third kappa shape index (κ3) is 2.19. The molecule has 1 aromatic carbocycles. The maximum Gasteiger partial charge on any atom is 0.219 e. The molecule has 3 heterocycles. The number of nitrogens with zero attached hydrogens (tertiary/aromatic N) is 3. The molecule has 2 saturated heterocycles. The lowest BCUT2D eigenvalue weighted by atomic mass is 9.53. The minimum absolute atomic E-state index is 0.230. The van der Waals surface area contributed by atoms with Gasteiger partial charge >= 0.3 is 0 Å². The number of nitrogens with one attached hydrogen (secondary N) is 1.